The van der Waals surface area contributed by atoms with E-state index in [2.05, 4.69) is 24.1 Å². The number of nitrogens with one attached hydrogen (secondary N) is 1. The summed E-state index contributed by atoms with van der Waals surface area (Å²) in [6.45, 7) is 8.96. The quantitative estimate of drug-likeness (QED) is 0.852. The Kier molecular flexibility index (Phi) is 5.85. The third-order valence-corrected chi connectivity index (χ3v) is 5.27. The molecular formula is C16H31N3O. The van der Waals surface area contributed by atoms with Crippen molar-refractivity contribution in [2.24, 2.45) is 5.92 Å². The number of piperidine rings is 2. The Balaban J connectivity index is 1.79. The van der Waals surface area contributed by atoms with Crippen LogP contribution in [0.15, 0.2) is 0 Å². The van der Waals surface area contributed by atoms with Crippen molar-refractivity contribution in [2.75, 3.05) is 33.2 Å². The van der Waals surface area contributed by atoms with E-state index in [0.717, 1.165) is 39.0 Å². The summed E-state index contributed by atoms with van der Waals surface area (Å²) in [7, 11) is 2.00. The number of carbonyl (C=O) groups excluding carboxylic acids is 1. The van der Waals surface area contributed by atoms with Crippen LogP contribution < -0.4 is 5.32 Å². The third kappa shape index (κ3) is 3.95. The molecule has 0 aromatic heterocycles. The molecule has 2 aliphatic rings. The molecule has 116 valence electrons. The SMILES string of the molecule is CCN1CCC(N(C)C(=O)CC2NCCCC2C)CC1. The van der Waals surface area contributed by atoms with Crippen LogP contribution in [-0.4, -0.2) is 61.0 Å². The zero-order valence-corrected chi connectivity index (χ0v) is 13.4. The highest BCUT2D eigenvalue weighted by molar-refractivity contribution is 5.77. The van der Waals surface area contributed by atoms with Crippen LogP contribution in [0.1, 0.15) is 46.0 Å². The first kappa shape index (κ1) is 15.8. The summed E-state index contributed by atoms with van der Waals surface area (Å²) < 4.78 is 0. The molecule has 2 saturated heterocycles. The fourth-order valence-electron chi connectivity index (χ4n) is 3.55. The van der Waals surface area contributed by atoms with Gasteiger partial charge in [0.05, 0.1) is 0 Å². The molecule has 20 heavy (non-hydrogen) atoms. The lowest BCUT2D eigenvalue weighted by Gasteiger charge is -2.37. The van der Waals surface area contributed by atoms with E-state index in [0.29, 0.717) is 30.3 Å². The molecular weight excluding hydrogens is 250 g/mol. The van der Waals surface area contributed by atoms with E-state index in [9.17, 15) is 4.79 Å². The van der Waals surface area contributed by atoms with Gasteiger partial charge in [-0.3, -0.25) is 4.79 Å². The summed E-state index contributed by atoms with van der Waals surface area (Å²) in [5.74, 6) is 0.953. The van der Waals surface area contributed by atoms with Crippen LogP contribution in [0.3, 0.4) is 0 Å². The summed E-state index contributed by atoms with van der Waals surface area (Å²) >= 11 is 0. The lowest BCUT2D eigenvalue weighted by molar-refractivity contribution is -0.133. The normalized spacial score (nSPS) is 29.4. The fraction of sp³-hybridized carbons (Fsp3) is 0.938. The molecule has 0 radical (unpaired) electrons. The van der Waals surface area contributed by atoms with Gasteiger partial charge in [0.2, 0.25) is 5.91 Å². The van der Waals surface area contributed by atoms with Gasteiger partial charge in [-0.1, -0.05) is 13.8 Å². The van der Waals surface area contributed by atoms with Crippen molar-refractivity contribution in [2.45, 2.75) is 58.0 Å². The van der Waals surface area contributed by atoms with Gasteiger partial charge in [0, 0.05) is 38.6 Å². The highest BCUT2D eigenvalue weighted by atomic mass is 16.2. The van der Waals surface area contributed by atoms with Gasteiger partial charge < -0.3 is 15.1 Å². The Morgan fingerprint density at radius 2 is 2.00 bits per heavy atom. The molecule has 1 amide bonds. The number of likely N-dealkylation sites (tertiary alicyclic amines) is 1. The summed E-state index contributed by atoms with van der Waals surface area (Å²) in [6, 6.07) is 0.832. The van der Waals surface area contributed by atoms with Crippen LogP contribution in [-0.2, 0) is 4.79 Å². The summed E-state index contributed by atoms with van der Waals surface area (Å²) in [4.78, 5) is 17.0. The Morgan fingerprint density at radius 3 is 2.60 bits per heavy atom. The van der Waals surface area contributed by atoms with Gasteiger partial charge in [0.25, 0.3) is 0 Å². The summed E-state index contributed by atoms with van der Waals surface area (Å²) in [5, 5.41) is 3.52. The Labute approximate surface area is 123 Å². The average molecular weight is 281 g/mol. The third-order valence-electron chi connectivity index (χ3n) is 5.27. The van der Waals surface area contributed by atoms with Crippen molar-refractivity contribution < 1.29 is 4.79 Å². The molecule has 2 fully saturated rings. The van der Waals surface area contributed by atoms with Crippen LogP contribution in [0.2, 0.25) is 0 Å². The minimum Gasteiger partial charge on any atom is -0.343 e. The average Bonchev–Trinajstić information content (AvgIpc) is 2.49. The van der Waals surface area contributed by atoms with E-state index in [-0.39, 0.29) is 0 Å². The summed E-state index contributed by atoms with van der Waals surface area (Å²) in [6.07, 6.45) is 5.43. The molecule has 4 heteroatoms. The molecule has 0 aromatic rings. The van der Waals surface area contributed by atoms with Crippen LogP contribution in [0.25, 0.3) is 0 Å². The molecule has 2 unspecified atom stereocenters. The summed E-state index contributed by atoms with van der Waals surface area (Å²) in [5.41, 5.74) is 0. The van der Waals surface area contributed by atoms with Crippen LogP contribution in [0.5, 0.6) is 0 Å². The minimum absolute atomic E-state index is 0.325. The smallest absolute Gasteiger partial charge is 0.224 e. The molecule has 2 heterocycles. The highest BCUT2D eigenvalue weighted by Crippen LogP contribution is 2.21. The van der Waals surface area contributed by atoms with E-state index < -0.39 is 0 Å². The maximum atomic E-state index is 12.5. The predicted octanol–water partition coefficient (Wildman–Crippen LogP) is 1.71. The molecule has 1 N–H and O–H groups in total. The Morgan fingerprint density at radius 1 is 1.30 bits per heavy atom. The molecule has 0 saturated carbocycles. The van der Waals surface area contributed by atoms with Gasteiger partial charge >= 0.3 is 0 Å². The number of amides is 1. The molecule has 4 nitrogen and oxygen atoms in total. The molecule has 0 spiro atoms. The van der Waals surface area contributed by atoms with Crippen molar-refractivity contribution in [3.05, 3.63) is 0 Å². The van der Waals surface area contributed by atoms with Crippen molar-refractivity contribution in [3.63, 3.8) is 0 Å². The van der Waals surface area contributed by atoms with Gasteiger partial charge in [0.15, 0.2) is 0 Å². The molecule has 0 aromatic carbocycles. The van der Waals surface area contributed by atoms with E-state index >= 15 is 0 Å². The first-order valence-electron chi connectivity index (χ1n) is 8.33. The van der Waals surface area contributed by atoms with Gasteiger partial charge in [-0.25, -0.2) is 0 Å². The van der Waals surface area contributed by atoms with Crippen LogP contribution >= 0.6 is 0 Å². The van der Waals surface area contributed by atoms with Crippen LogP contribution in [0.4, 0.5) is 0 Å². The molecule has 2 aliphatic heterocycles. The van der Waals surface area contributed by atoms with E-state index in [1.165, 1.54) is 12.8 Å². The zero-order valence-electron chi connectivity index (χ0n) is 13.4. The number of hydrogen-bond acceptors (Lipinski definition) is 3. The van der Waals surface area contributed by atoms with Crippen molar-refractivity contribution in [3.8, 4) is 0 Å². The van der Waals surface area contributed by atoms with Gasteiger partial charge in [-0.15, -0.1) is 0 Å². The molecule has 0 bridgehead atoms. The number of rotatable bonds is 4. The van der Waals surface area contributed by atoms with Gasteiger partial charge in [0.1, 0.15) is 0 Å². The maximum Gasteiger partial charge on any atom is 0.224 e. The maximum absolute atomic E-state index is 12.5. The second kappa shape index (κ2) is 7.41. The lowest BCUT2D eigenvalue weighted by atomic mass is 9.90. The molecule has 2 atom stereocenters. The van der Waals surface area contributed by atoms with Crippen molar-refractivity contribution >= 4 is 5.91 Å². The van der Waals surface area contributed by atoms with Gasteiger partial charge in [-0.2, -0.15) is 0 Å². The number of hydrogen-bond donors (Lipinski definition) is 1. The van der Waals surface area contributed by atoms with E-state index in [1.807, 2.05) is 11.9 Å². The fourth-order valence-corrected chi connectivity index (χ4v) is 3.55. The van der Waals surface area contributed by atoms with E-state index in [1.54, 1.807) is 0 Å². The largest absolute Gasteiger partial charge is 0.343 e. The van der Waals surface area contributed by atoms with Crippen LogP contribution in [0, 0.1) is 5.92 Å². The molecule has 2 rings (SSSR count). The molecule has 0 aliphatic carbocycles. The number of nitrogens with zero attached hydrogens (tertiary/aromatic N) is 2. The second-order valence-corrected chi connectivity index (χ2v) is 6.55. The van der Waals surface area contributed by atoms with E-state index in [4.69, 9.17) is 0 Å². The second-order valence-electron chi connectivity index (χ2n) is 6.55. The number of carbonyl (C=O) groups is 1. The lowest BCUT2D eigenvalue weighted by Crippen LogP contribution is -2.48. The zero-order chi connectivity index (χ0) is 14.5. The standard InChI is InChI=1S/C16H31N3O/c1-4-19-10-7-14(8-11-19)18(3)16(20)12-15-13(2)6-5-9-17-15/h13-15,17H,4-12H2,1-3H3. The van der Waals surface area contributed by atoms with Crippen molar-refractivity contribution in [1.82, 2.24) is 15.1 Å². The predicted molar refractivity (Wildman–Crippen MR) is 82.7 cm³/mol. The Bertz CT molecular complexity index is 313. The topological polar surface area (TPSA) is 35.6 Å². The van der Waals surface area contributed by atoms with Gasteiger partial charge in [-0.05, 0) is 44.7 Å². The monoisotopic (exact) mass is 281 g/mol. The first-order valence-corrected chi connectivity index (χ1v) is 8.33. The van der Waals surface area contributed by atoms with Crippen molar-refractivity contribution in [1.29, 1.82) is 0 Å². The highest BCUT2D eigenvalue weighted by Gasteiger charge is 2.28. The first-order chi connectivity index (χ1) is 9.61. The minimum atomic E-state index is 0.325. The Hall–Kier alpha value is -0.610.